The van der Waals surface area contributed by atoms with Crippen LogP contribution in [-0.2, 0) is 20.1 Å². The summed E-state index contributed by atoms with van der Waals surface area (Å²) in [5.41, 5.74) is 8.06. The van der Waals surface area contributed by atoms with Crippen molar-refractivity contribution in [1.82, 2.24) is 9.97 Å². The summed E-state index contributed by atoms with van der Waals surface area (Å²) in [5, 5.41) is 4.07. The number of thiophene rings is 1. The molecule has 0 aliphatic heterocycles. The van der Waals surface area contributed by atoms with E-state index in [0.29, 0.717) is 5.92 Å². The predicted octanol–water partition coefficient (Wildman–Crippen LogP) is 10.8. The number of pyridine rings is 2. The van der Waals surface area contributed by atoms with Crippen molar-refractivity contribution in [3.05, 3.63) is 139 Å². The van der Waals surface area contributed by atoms with Gasteiger partial charge in [0.05, 0.1) is 8.07 Å². The Morgan fingerprint density at radius 1 is 0.756 bits per heavy atom. The molecule has 1 radical (unpaired) electrons. The minimum Gasteiger partial charge on any atom is -0.305 e. The second-order valence-corrected chi connectivity index (χ2v) is 18.4. The molecule has 0 spiro atoms. The summed E-state index contributed by atoms with van der Waals surface area (Å²) < 4.78 is 2.55. The Morgan fingerprint density at radius 3 is 2.18 bits per heavy atom. The molecule has 0 aliphatic rings. The molecule has 2 nitrogen and oxygen atoms in total. The molecule has 0 saturated carbocycles. The first-order valence-electron chi connectivity index (χ1n) is 15.1. The van der Waals surface area contributed by atoms with Crippen molar-refractivity contribution in [2.75, 3.05) is 0 Å². The number of hydrogen-bond acceptors (Lipinski definition) is 3. The van der Waals surface area contributed by atoms with Gasteiger partial charge in [0.2, 0.25) is 0 Å². The quantitative estimate of drug-likeness (QED) is 0.128. The van der Waals surface area contributed by atoms with Crippen molar-refractivity contribution < 1.29 is 20.1 Å². The zero-order valence-corrected chi connectivity index (χ0v) is 30.5. The summed E-state index contributed by atoms with van der Waals surface area (Å²) in [6.07, 6.45) is 3.94. The Kier molecular flexibility index (Phi) is 10.3. The Bertz CT molecular complexity index is 2020. The zero-order valence-electron chi connectivity index (χ0n) is 26.3. The number of hydrogen-bond donors (Lipinski definition) is 0. The van der Waals surface area contributed by atoms with Crippen molar-refractivity contribution in [2.24, 2.45) is 0 Å². The second-order valence-electron chi connectivity index (χ2n) is 12.3. The van der Waals surface area contributed by atoms with E-state index in [-0.39, 0.29) is 20.1 Å². The van der Waals surface area contributed by atoms with Gasteiger partial charge in [0.15, 0.2) is 0 Å². The molecule has 5 heteroatoms. The van der Waals surface area contributed by atoms with E-state index < -0.39 is 8.07 Å². The van der Waals surface area contributed by atoms with E-state index in [1.807, 2.05) is 47.9 Å². The molecule has 7 aromatic rings. The van der Waals surface area contributed by atoms with E-state index in [4.69, 9.17) is 0 Å². The maximum absolute atomic E-state index is 4.66. The van der Waals surface area contributed by atoms with Crippen LogP contribution < -0.4 is 5.19 Å². The van der Waals surface area contributed by atoms with Gasteiger partial charge in [-0.15, -0.1) is 53.6 Å². The summed E-state index contributed by atoms with van der Waals surface area (Å²) in [6.45, 7) is 11.7. The van der Waals surface area contributed by atoms with Crippen LogP contribution in [0.25, 0.3) is 53.8 Å². The minimum absolute atomic E-state index is 0. The Labute approximate surface area is 285 Å². The molecule has 0 N–H and O–H groups in total. The van der Waals surface area contributed by atoms with E-state index in [0.717, 1.165) is 22.5 Å². The minimum atomic E-state index is -1.34. The van der Waals surface area contributed by atoms with Crippen molar-refractivity contribution in [1.29, 1.82) is 0 Å². The van der Waals surface area contributed by atoms with Crippen molar-refractivity contribution in [3.8, 4) is 33.6 Å². The van der Waals surface area contributed by atoms with Gasteiger partial charge in [0.1, 0.15) is 0 Å². The number of rotatable bonds is 5. The molecule has 3 heterocycles. The van der Waals surface area contributed by atoms with Gasteiger partial charge in [-0.2, -0.15) is 11.3 Å². The smallest absolute Gasteiger partial charge is 0.0799 e. The standard InChI is InChI=1S/C23H14NS.C17H22NSi.Ir/c1-2-8-16(9-3-1)17-13-14-18(20-11-6-7-15-24-20)23-22(17)19-10-4-5-12-21(19)25-23;1-13(2)15-11-16(14-9-7-6-8-10-14)18-12-17(15)19(3,4)5;/h1-13,15H;6-9,11-13H,1-5H3;/q2*-1;. The van der Waals surface area contributed by atoms with Crippen LogP contribution in [0.3, 0.4) is 0 Å². The Balaban J connectivity index is 0.000000181. The van der Waals surface area contributed by atoms with Gasteiger partial charge < -0.3 is 9.97 Å². The number of nitrogens with zero attached hydrogens (tertiary/aromatic N) is 2. The van der Waals surface area contributed by atoms with Gasteiger partial charge in [-0.05, 0) is 44.7 Å². The molecule has 0 amide bonds. The predicted molar refractivity (Wildman–Crippen MR) is 192 cm³/mol. The normalized spacial score (nSPS) is 11.2. The van der Waals surface area contributed by atoms with E-state index in [1.165, 1.54) is 42.0 Å². The van der Waals surface area contributed by atoms with Crippen LogP contribution in [0.1, 0.15) is 25.3 Å². The molecule has 7 rings (SSSR count). The van der Waals surface area contributed by atoms with Gasteiger partial charge in [-0.3, -0.25) is 0 Å². The van der Waals surface area contributed by atoms with E-state index >= 15 is 0 Å². The zero-order chi connectivity index (χ0) is 30.7. The Morgan fingerprint density at radius 2 is 1.49 bits per heavy atom. The summed E-state index contributed by atoms with van der Waals surface area (Å²) in [7, 11) is -1.34. The first-order chi connectivity index (χ1) is 21.3. The molecular formula is C40H36IrN2SSi-2. The second kappa shape index (κ2) is 14.1. The summed E-state index contributed by atoms with van der Waals surface area (Å²) >= 11 is 1.82. The van der Waals surface area contributed by atoms with Gasteiger partial charge in [0, 0.05) is 37.2 Å². The van der Waals surface area contributed by atoms with E-state index in [2.05, 4.69) is 141 Å². The van der Waals surface area contributed by atoms with Gasteiger partial charge in [-0.1, -0.05) is 122 Å². The number of fused-ring (bicyclic) bond motifs is 3. The maximum Gasteiger partial charge on any atom is 0.0799 e. The Hall–Kier alpha value is -3.73. The third-order valence-electron chi connectivity index (χ3n) is 7.81. The van der Waals surface area contributed by atoms with Crippen LogP contribution in [-0.4, -0.2) is 18.0 Å². The van der Waals surface area contributed by atoms with Crippen LogP contribution in [0.4, 0.5) is 0 Å². The van der Waals surface area contributed by atoms with Crippen molar-refractivity contribution >= 4 is 44.8 Å². The molecule has 0 fully saturated rings. The van der Waals surface area contributed by atoms with E-state index in [1.54, 1.807) is 0 Å². The molecule has 4 aromatic carbocycles. The van der Waals surface area contributed by atoms with Crippen molar-refractivity contribution in [2.45, 2.75) is 39.4 Å². The summed E-state index contributed by atoms with van der Waals surface area (Å²) in [5.74, 6) is 0.534. The monoisotopic (exact) mass is 797 g/mol. The fourth-order valence-corrected chi connectivity index (χ4v) is 8.51. The summed E-state index contributed by atoms with van der Waals surface area (Å²) in [6, 6.07) is 44.4. The third kappa shape index (κ3) is 7.08. The SMILES string of the molecule is CC(C)c1cc(-c2[c-]cccc2)ncc1[Si](C)(C)C.[Ir].[c-]1cc(-c2ccccc2)c2c(sc3ccccc32)c1-c1ccccn1. The van der Waals surface area contributed by atoms with Gasteiger partial charge in [-0.25, -0.2) is 0 Å². The largest absolute Gasteiger partial charge is 0.305 e. The topological polar surface area (TPSA) is 25.8 Å². The van der Waals surface area contributed by atoms with Gasteiger partial charge in [0.25, 0.3) is 0 Å². The molecule has 0 atom stereocenters. The number of benzene rings is 4. The van der Waals surface area contributed by atoms with Crippen LogP contribution in [0.2, 0.25) is 19.6 Å². The maximum atomic E-state index is 4.66. The first-order valence-corrected chi connectivity index (χ1v) is 19.4. The average Bonchev–Trinajstić information content (AvgIpc) is 3.45. The first kappa shape index (κ1) is 32.7. The fourth-order valence-electron chi connectivity index (χ4n) is 5.59. The van der Waals surface area contributed by atoms with Crippen LogP contribution >= 0.6 is 11.3 Å². The molecule has 0 bridgehead atoms. The fraction of sp³-hybridized carbons (Fsp3) is 0.150. The molecule has 0 unspecified atom stereocenters. The third-order valence-corrected chi connectivity index (χ3v) is 11.0. The molecule has 3 aromatic heterocycles. The van der Waals surface area contributed by atoms with E-state index in [9.17, 15) is 0 Å². The molecular weight excluding hydrogens is 761 g/mol. The average molecular weight is 797 g/mol. The molecule has 227 valence electrons. The van der Waals surface area contributed by atoms with Crippen LogP contribution in [0.5, 0.6) is 0 Å². The molecule has 0 saturated heterocycles. The van der Waals surface area contributed by atoms with Crippen molar-refractivity contribution in [3.63, 3.8) is 0 Å². The molecule has 0 aliphatic carbocycles. The number of aromatic nitrogens is 2. The van der Waals surface area contributed by atoms with Crippen LogP contribution in [0, 0.1) is 12.1 Å². The summed E-state index contributed by atoms with van der Waals surface area (Å²) in [4.78, 5) is 9.21. The molecule has 45 heavy (non-hydrogen) atoms. The van der Waals surface area contributed by atoms with Gasteiger partial charge >= 0.3 is 0 Å². The van der Waals surface area contributed by atoms with Crippen LogP contribution in [0.15, 0.2) is 122 Å².